The second-order valence-electron chi connectivity index (χ2n) is 5.33. The number of rotatable bonds is 7. The van der Waals surface area contributed by atoms with E-state index in [0.29, 0.717) is 0 Å². The molecule has 0 saturated carbocycles. The molecule has 1 fully saturated rings. The standard InChI is InChI=1S/C5H8FNO2.C5H10FNO2.C4H8FNO2/c1-7-3-9-5(8)4(7)2-6;1-7(2)4(3-6)5(8)9;1-6-3(2-5)4(7)8/h4H,2-3H2,1H3;4H,3H2,1-2H3,(H,8,9);3,6H,2H2,1H3,(H,7,8). The number of halogens is 3. The zero-order valence-corrected chi connectivity index (χ0v) is 15.1. The molecule has 1 saturated heterocycles. The molecule has 3 unspecified atom stereocenters. The summed E-state index contributed by atoms with van der Waals surface area (Å²) in [6.07, 6.45) is 0. The van der Waals surface area contributed by atoms with Crippen LogP contribution in [-0.2, 0) is 19.1 Å². The quantitative estimate of drug-likeness (QED) is 0.489. The van der Waals surface area contributed by atoms with Crippen LogP contribution in [0.15, 0.2) is 0 Å². The lowest BCUT2D eigenvalue weighted by atomic mass is 10.3. The molecule has 1 rings (SSSR count). The van der Waals surface area contributed by atoms with E-state index < -0.39 is 56.1 Å². The van der Waals surface area contributed by atoms with Gasteiger partial charge in [0.2, 0.25) is 0 Å². The van der Waals surface area contributed by atoms with Gasteiger partial charge in [0.25, 0.3) is 0 Å². The lowest BCUT2D eigenvalue weighted by molar-refractivity contribution is -0.143. The highest BCUT2D eigenvalue weighted by atomic mass is 19.1. The van der Waals surface area contributed by atoms with Crippen LogP contribution in [0, 0.1) is 0 Å². The van der Waals surface area contributed by atoms with Gasteiger partial charge in [-0.1, -0.05) is 0 Å². The summed E-state index contributed by atoms with van der Waals surface area (Å²) in [7, 11) is 6.10. The molecule has 1 aliphatic rings. The van der Waals surface area contributed by atoms with E-state index in [2.05, 4.69) is 10.1 Å². The van der Waals surface area contributed by atoms with E-state index in [1.807, 2.05) is 0 Å². The highest BCUT2D eigenvalue weighted by Crippen LogP contribution is 2.07. The van der Waals surface area contributed by atoms with Crippen molar-refractivity contribution in [3.05, 3.63) is 0 Å². The van der Waals surface area contributed by atoms with Crippen LogP contribution < -0.4 is 5.32 Å². The first-order valence-electron chi connectivity index (χ1n) is 7.41. The SMILES string of the molecule is CN(C)C(CF)C(=O)O.CN1COC(=O)C1CF.CNC(CF)C(=O)O. The predicted molar refractivity (Wildman–Crippen MR) is 86.0 cm³/mol. The second kappa shape index (κ2) is 14.3. The van der Waals surface area contributed by atoms with E-state index in [-0.39, 0.29) is 6.73 Å². The summed E-state index contributed by atoms with van der Waals surface area (Å²) in [5.41, 5.74) is 0. The summed E-state index contributed by atoms with van der Waals surface area (Å²) in [5, 5.41) is 18.6. The number of aliphatic carboxylic acids is 2. The van der Waals surface area contributed by atoms with Crippen LogP contribution in [0.1, 0.15) is 0 Å². The van der Waals surface area contributed by atoms with Gasteiger partial charge in [-0.25, -0.2) is 13.2 Å². The van der Waals surface area contributed by atoms with Crippen molar-refractivity contribution in [1.82, 2.24) is 15.1 Å². The molecule has 1 heterocycles. The number of nitrogens with zero attached hydrogens (tertiary/aromatic N) is 2. The number of hydrogen-bond donors (Lipinski definition) is 3. The van der Waals surface area contributed by atoms with Crippen molar-refractivity contribution in [3.8, 4) is 0 Å². The van der Waals surface area contributed by atoms with Crippen LogP contribution >= 0.6 is 0 Å². The predicted octanol–water partition coefficient (Wildman–Crippen LogP) is -0.630. The first-order chi connectivity index (χ1) is 12.1. The number of ether oxygens (including phenoxy) is 1. The number of alkyl halides is 3. The Hall–Kier alpha value is -1.92. The number of nitrogens with one attached hydrogen (secondary N) is 1. The molecule has 0 aromatic heterocycles. The number of cyclic esters (lactones) is 1. The number of hydrogen-bond acceptors (Lipinski definition) is 7. The molecule has 0 bridgehead atoms. The lowest BCUT2D eigenvalue weighted by Gasteiger charge is -2.15. The van der Waals surface area contributed by atoms with Crippen molar-refractivity contribution in [2.24, 2.45) is 0 Å². The Balaban J connectivity index is 0. The molecule has 1 aliphatic heterocycles. The van der Waals surface area contributed by atoms with Crippen LogP contribution in [-0.4, -0.2) is 111 Å². The van der Waals surface area contributed by atoms with Gasteiger partial charge in [-0.15, -0.1) is 0 Å². The maximum Gasteiger partial charge on any atom is 0.327 e. The molecule has 0 amide bonds. The summed E-state index contributed by atoms with van der Waals surface area (Å²) < 4.78 is 39.6. The zero-order chi connectivity index (χ0) is 20.9. The van der Waals surface area contributed by atoms with E-state index in [1.54, 1.807) is 7.05 Å². The fraction of sp³-hybridized carbons (Fsp3) is 0.786. The Morgan fingerprint density at radius 1 is 1.27 bits per heavy atom. The Morgan fingerprint density at radius 2 is 1.81 bits per heavy atom. The second-order valence-corrected chi connectivity index (χ2v) is 5.33. The van der Waals surface area contributed by atoms with Crippen molar-refractivity contribution >= 4 is 17.9 Å². The van der Waals surface area contributed by atoms with Crippen LogP contribution in [0.25, 0.3) is 0 Å². The summed E-state index contributed by atoms with van der Waals surface area (Å²) in [5.74, 6) is -2.74. The van der Waals surface area contributed by atoms with E-state index >= 15 is 0 Å². The van der Waals surface area contributed by atoms with Crippen LogP contribution in [0.2, 0.25) is 0 Å². The van der Waals surface area contributed by atoms with Crippen molar-refractivity contribution in [2.45, 2.75) is 18.1 Å². The fourth-order valence-electron chi connectivity index (χ4n) is 1.40. The molecule has 154 valence electrons. The minimum absolute atomic E-state index is 0.216. The molecule has 0 aliphatic carbocycles. The van der Waals surface area contributed by atoms with E-state index in [9.17, 15) is 27.6 Å². The Morgan fingerprint density at radius 3 is 1.88 bits per heavy atom. The molecule has 0 aromatic rings. The van der Waals surface area contributed by atoms with Crippen molar-refractivity contribution < 1.29 is 42.5 Å². The number of likely N-dealkylation sites (N-methyl/N-ethyl adjacent to an activating group) is 3. The third-order valence-electron chi connectivity index (χ3n) is 3.22. The van der Waals surface area contributed by atoms with E-state index in [0.717, 1.165) is 0 Å². The average molecular weight is 389 g/mol. The minimum Gasteiger partial charge on any atom is -0.480 e. The number of carbonyl (C=O) groups excluding carboxylic acids is 1. The summed E-state index contributed by atoms with van der Waals surface area (Å²) >= 11 is 0. The van der Waals surface area contributed by atoms with E-state index in [1.165, 1.54) is 30.9 Å². The molecular weight excluding hydrogens is 363 g/mol. The number of carboxylic acid groups (broad SMARTS) is 2. The largest absolute Gasteiger partial charge is 0.480 e. The maximum atomic E-state index is 11.9. The minimum atomic E-state index is -1.16. The monoisotopic (exact) mass is 389 g/mol. The lowest BCUT2D eigenvalue weighted by Crippen LogP contribution is -2.37. The van der Waals surface area contributed by atoms with Gasteiger partial charge in [0.1, 0.15) is 44.9 Å². The number of carboxylic acids is 2. The Kier molecular flexibility index (Phi) is 14.4. The molecule has 0 aromatic carbocycles. The van der Waals surface area contributed by atoms with Crippen molar-refractivity contribution in [2.75, 3.05) is 54.9 Å². The smallest absolute Gasteiger partial charge is 0.327 e. The highest BCUT2D eigenvalue weighted by molar-refractivity contribution is 5.77. The molecule has 9 nitrogen and oxygen atoms in total. The van der Waals surface area contributed by atoms with Gasteiger partial charge in [-0.2, -0.15) is 0 Å². The topological polar surface area (TPSA) is 119 Å². The molecule has 0 spiro atoms. The van der Waals surface area contributed by atoms with Gasteiger partial charge in [0.15, 0.2) is 0 Å². The molecule has 0 radical (unpaired) electrons. The van der Waals surface area contributed by atoms with Gasteiger partial charge in [0.05, 0.1) is 0 Å². The van der Waals surface area contributed by atoms with Crippen LogP contribution in [0.5, 0.6) is 0 Å². The highest BCUT2D eigenvalue weighted by Gasteiger charge is 2.31. The van der Waals surface area contributed by atoms with Gasteiger partial charge in [-0.05, 0) is 28.2 Å². The number of esters is 1. The van der Waals surface area contributed by atoms with Gasteiger partial charge in [-0.3, -0.25) is 24.2 Å². The third kappa shape index (κ3) is 10.2. The Bertz CT molecular complexity index is 436. The molecular formula is C14H26F3N3O6. The normalized spacial score (nSPS) is 18.8. The molecule has 3 N–H and O–H groups in total. The zero-order valence-electron chi connectivity index (χ0n) is 15.1. The Labute approximate surface area is 149 Å². The van der Waals surface area contributed by atoms with Crippen molar-refractivity contribution in [1.29, 1.82) is 0 Å². The first-order valence-corrected chi connectivity index (χ1v) is 7.41. The first kappa shape index (κ1) is 26.3. The fourth-order valence-corrected chi connectivity index (χ4v) is 1.40. The van der Waals surface area contributed by atoms with Gasteiger partial charge >= 0.3 is 17.9 Å². The van der Waals surface area contributed by atoms with Crippen LogP contribution in [0.4, 0.5) is 13.2 Å². The van der Waals surface area contributed by atoms with E-state index in [4.69, 9.17) is 10.2 Å². The molecule has 26 heavy (non-hydrogen) atoms. The average Bonchev–Trinajstić information content (AvgIpc) is 2.87. The summed E-state index contributed by atoms with van der Waals surface area (Å²) in [6, 6.07) is -2.70. The summed E-state index contributed by atoms with van der Waals surface area (Å²) in [6.45, 7) is -2.16. The third-order valence-corrected chi connectivity index (χ3v) is 3.22. The van der Waals surface area contributed by atoms with Crippen molar-refractivity contribution in [3.63, 3.8) is 0 Å². The van der Waals surface area contributed by atoms with Crippen LogP contribution in [0.3, 0.4) is 0 Å². The summed E-state index contributed by atoms with van der Waals surface area (Å²) in [4.78, 5) is 33.3. The molecule has 12 heteroatoms. The van der Waals surface area contributed by atoms with Gasteiger partial charge < -0.3 is 20.3 Å². The molecule has 3 atom stereocenters. The van der Waals surface area contributed by atoms with Gasteiger partial charge in [0, 0.05) is 0 Å². The number of carbonyl (C=O) groups is 3. The maximum absolute atomic E-state index is 11.9.